The van der Waals surface area contributed by atoms with Gasteiger partial charge in [-0.25, -0.2) is 0 Å². The number of likely N-dealkylation sites (N-methyl/N-ethyl adjacent to an activating group) is 1. The maximum atomic E-state index is 5.48. The van der Waals surface area contributed by atoms with Gasteiger partial charge in [0.1, 0.15) is 12.6 Å². The SMILES string of the molecule is CCCCCCCCCCCCCCCCC[N+](CC)(CC)CC1CO1. The molecule has 1 unspecified atom stereocenters. The first-order valence-electron chi connectivity index (χ1n) is 12.2. The lowest BCUT2D eigenvalue weighted by molar-refractivity contribution is -0.925. The van der Waals surface area contributed by atoms with E-state index in [1.165, 1.54) is 127 Å². The van der Waals surface area contributed by atoms with Crippen LogP contribution < -0.4 is 0 Å². The van der Waals surface area contributed by atoms with Crippen molar-refractivity contribution in [2.24, 2.45) is 0 Å². The highest BCUT2D eigenvalue weighted by molar-refractivity contribution is 4.68. The van der Waals surface area contributed by atoms with E-state index in [0.29, 0.717) is 6.10 Å². The molecule has 0 radical (unpaired) electrons. The second-order valence-corrected chi connectivity index (χ2v) is 8.79. The molecule has 1 fully saturated rings. The minimum absolute atomic E-state index is 0.575. The van der Waals surface area contributed by atoms with Crippen molar-refractivity contribution in [3.8, 4) is 0 Å². The number of hydrogen-bond acceptors (Lipinski definition) is 1. The van der Waals surface area contributed by atoms with Crippen molar-refractivity contribution in [1.82, 2.24) is 0 Å². The summed E-state index contributed by atoms with van der Waals surface area (Å²) < 4.78 is 6.76. The Labute approximate surface area is 165 Å². The summed E-state index contributed by atoms with van der Waals surface area (Å²) in [5.41, 5.74) is 0. The Hall–Kier alpha value is -0.0800. The Kier molecular flexibility index (Phi) is 14.7. The van der Waals surface area contributed by atoms with Gasteiger partial charge in [0.2, 0.25) is 0 Å². The van der Waals surface area contributed by atoms with Gasteiger partial charge in [0.25, 0.3) is 0 Å². The third-order valence-corrected chi connectivity index (χ3v) is 6.57. The Morgan fingerprint density at radius 3 is 1.35 bits per heavy atom. The van der Waals surface area contributed by atoms with Crippen LogP contribution in [0.5, 0.6) is 0 Å². The average molecular weight is 369 g/mol. The van der Waals surface area contributed by atoms with Gasteiger partial charge in [-0.3, -0.25) is 0 Å². The predicted molar refractivity (Wildman–Crippen MR) is 116 cm³/mol. The zero-order valence-corrected chi connectivity index (χ0v) is 18.6. The number of hydrogen-bond donors (Lipinski definition) is 0. The van der Waals surface area contributed by atoms with Gasteiger partial charge in [-0.05, 0) is 26.7 Å². The number of quaternary nitrogens is 1. The van der Waals surface area contributed by atoms with E-state index < -0.39 is 0 Å². The molecule has 0 aliphatic carbocycles. The van der Waals surface area contributed by atoms with E-state index in [0.717, 1.165) is 6.61 Å². The molecule has 156 valence electrons. The van der Waals surface area contributed by atoms with E-state index in [2.05, 4.69) is 20.8 Å². The highest BCUT2D eigenvalue weighted by Gasteiger charge is 2.34. The maximum Gasteiger partial charge on any atom is 0.130 e. The van der Waals surface area contributed by atoms with Crippen molar-refractivity contribution in [1.29, 1.82) is 0 Å². The quantitative estimate of drug-likeness (QED) is 0.127. The summed E-state index contributed by atoms with van der Waals surface area (Å²) in [6.07, 6.45) is 22.4. The second kappa shape index (κ2) is 15.9. The lowest BCUT2D eigenvalue weighted by atomic mass is 10.0. The van der Waals surface area contributed by atoms with Crippen LogP contribution in [0.4, 0.5) is 0 Å². The molecule has 0 amide bonds. The van der Waals surface area contributed by atoms with Gasteiger partial charge in [-0.1, -0.05) is 90.4 Å². The van der Waals surface area contributed by atoms with Gasteiger partial charge in [-0.15, -0.1) is 0 Å². The molecule has 0 N–H and O–H groups in total. The van der Waals surface area contributed by atoms with Crippen LogP contribution >= 0.6 is 0 Å². The van der Waals surface area contributed by atoms with E-state index in [1.54, 1.807) is 0 Å². The third kappa shape index (κ3) is 12.3. The number of epoxide rings is 1. The van der Waals surface area contributed by atoms with Gasteiger partial charge in [0.05, 0.1) is 26.2 Å². The van der Waals surface area contributed by atoms with Crippen LogP contribution in [0, 0.1) is 0 Å². The summed E-state index contributed by atoms with van der Waals surface area (Å²) in [5.74, 6) is 0. The summed E-state index contributed by atoms with van der Waals surface area (Å²) in [4.78, 5) is 0. The molecule has 0 aromatic heterocycles. The van der Waals surface area contributed by atoms with Crippen LogP contribution in [0.25, 0.3) is 0 Å². The van der Waals surface area contributed by atoms with Gasteiger partial charge >= 0.3 is 0 Å². The molecule has 2 nitrogen and oxygen atoms in total. The molecule has 0 bridgehead atoms. The molecule has 1 rings (SSSR count). The molecule has 0 saturated carbocycles. The monoisotopic (exact) mass is 368 g/mol. The van der Waals surface area contributed by atoms with Crippen LogP contribution in [-0.2, 0) is 4.74 Å². The number of rotatable bonds is 20. The largest absolute Gasteiger partial charge is 0.367 e. The highest BCUT2D eigenvalue weighted by atomic mass is 16.6. The molecule has 1 heterocycles. The Morgan fingerprint density at radius 1 is 0.615 bits per heavy atom. The lowest BCUT2D eigenvalue weighted by Gasteiger charge is -2.36. The summed E-state index contributed by atoms with van der Waals surface area (Å²) in [6.45, 7) is 13.2. The predicted octanol–water partition coefficient (Wildman–Crippen LogP) is 7.11. The standard InChI is InChI=1S/C24H50NO/c1-4-7-8-9-10-11-12-13-14-15-16-17-18-19-20-21-25(5-2,6-3)22-24-23-26-24/h24H,4-23H2,1-3H3/q+1. The zero-order chi connectivity index (χ0) is 18.9. The first-order valence-corrected chi connectivity index (χ1v) is 12.2. The van der Waals surface area contributed by atoms with Crippen molar-refractivity contribution in [2.45, 2.75) is 123 Å². The Bertz CT molecular complexity index is 297. The summed E-state index contributed by atoms with van der Waals surface area (Å²) in [6, 6.07) is 0. The molecular weight excluding hydrogens is 318 g/mol. The summed E-state index contributed by atoms with van der Waals surface area (Å²) in [7, 11) is 0. The van der Waals surface area contributed by atoms with Crippen molar-refractivity contribution >= 4 is 0 Å². The van der Waals surface area contributed by atoms with E-state index in [-0.39, 0.29) is 0 Å². The third-order valence-electron chi connectivity index (χ3n) is 6.57. The van der Waals surface area contributed by atoms with E-state index in [9.17, 15) is 0 Å². The zero-order valence-electron chi connectivity index (χ0n) is 18.6. The van der Waals surface area contributed by atoms with Crippen molar-refractivity contribution in [3.63, 3.8) is 0 Å². The minimum atomic E-state index is 0.575. The molecule has 2 heteroatoms. The average Bonchev–Trinajstić information content (AvgIpc) is 3.48. The summed E-state index contributed by atoms with van der Waals surface area (Å²) >= 11 is 0. The Balaban J connectivity index is 1.82. The first-order chi connectivity index (χ1) is 12.8. The van der Waals surface area contributed by atoms with Crippen molar-refractivity contribution in [3.05, 3.63) is 0 Å². The fraction of sp³-hybridized carbons (Fsp3) is 1.00. The molecule has 1 atom stereocenters. The first kappa shape index (κ1) is 24.0. The van der Waals surface area contributed by atoms with E-state index in [1.807, 2.05) is 0 Å². The van der Waals surface area contributed by atoms with Gasteiger partial charge < -0.3 is 9.22 Å². The van der Waals surface area contributed by atoms with Crippen LogP contribution in [0.3, 0.4) is 0 Å². The molecule has 0 aromatic rings. The maximum absolute atomic E-state index is 5.48. The Morgan fingerprint density at radius 2 is 1.00 bits per heavy atom. The van der Waals surface area contributed by atoms with Crippen LogP contribution in [-0.4, -0.2) is 43.4 Å². The number of ether oxygens (including phenoxy) is 1. The fourth-order valence-corrected chi connectivity index (χ4v) is 4.31. The van der Waals surface area contributed by atoms with Gasteiger partial charge in [0.15, 0.2) is 0 Å². The minimum Gasteiger partial charge on any atom is -0.367 e. The van der Waals surface area contributed by atoms with Crippen LogP contribution in [0.2, 0.25) is 0 Å². The molecular formula is C24H50NO+. The fourth-order valence-electron chi connectivity index (χ4n) is 4.31. The van der Waals surface area contributed by atoms with Crippen LogP contribution in [0.15, 0.2) is 0 Å². The highest BCUT2D eigenvalue weighted by Crippen LogP contribution is 2.19. The van der Waals surface area contributed by atoms with E-state index in [4.69, 9.17) is 4.74 Å². The molecule has 0 aromatic carbocycles. The number of unbranched alkanes of at least 4 members (excludes halogenated alkanes) is 14. The molecule has 1 saturated heterocycles. The van der Waals surface area contributed by atoms with Crippen LogP contribution in [0.1, 0.15) is 117 Å². The lowest BCUT2D eigenvalue weighted by Crippen LogP contribution is -2.50. The molecule has 1 aliphatic rings. The summed E-state index contributed by atoms with van der Waals surface area (Å²) in [5, 5.41) is 0. The molecule has 1 aliphatic heterocycles. The number of nitrogens with zero attached hydrogens (tertiary/aromatic N) is 1. The second-order valence-electron chi connectivity index (χ2n) is 8.79. The van der Waals surface area contributed by atoms with Crippen molar-refractivity contribution < 1.29 is 9.22 Å². The molecule has 26 heavy (non-hydrogen) atoms. The van der Waals surface area contributed by atoms with E-state index >= 15 is 0 Å². The van der Waals surface area contributed by atoms with Gasteiger partial charge in [-0.2, -0.15) is 0 Å². The molecule has 0 spiro atoms. The topological polar surface area (TPSA) is 12.5 Å². The normalized spacial score (nSPS) is 17.0. The van der Waals surface area contributed by atoms with Gasteiger partial charge in [0, 0.05) is 0 Å². The van der Waals surface area contributed by atoms with Crippen molar-refractivity contribution in [2.75, 3.05) is 32.8 Å². The smallest absolute Gasteiger partial charge is 0.130 e.